The van der Waals surface area contributed by atoms with E-state index in [1.807, 2.05) is 0 Å². The Morgan fingerprint density at radius 3 is 1.53 bits per heavy atom. The Balaban J connectivity index is 4.04. The fourth-order valence-corrected chi connectivity index (χ4v) is 5.64. The predicted octanol–water partition coefficient (Wildman–Crippen LogP) is 12.1. The van der Waals surface area contributed by atoms with Crippen molar-refractivity contribution in [1.29, 1.82) is 0 Å². The van der Waals surface area contributed by atoms with E-state index in [2.05, 4.69) is 44.9 Å². The van der Waals surface area contributed by atoms with Gasteiger partial charge in [0.1, 0.15) is 0 Å². The molecule has 0 saturated heterocycles. The SMILES string of the molecule is C=C=C(CCCCN(CCC)CCCCCCCCCCCCC)CC(CCCC)CCCCCC. The minimum absolute atomic E-state index is 0.865. The molecule has 0 heterocycles. The molecule has 0 aliphatic carbocycles. The van der Waals surface area contributed by atoms with Gasteiger partial charge in [-0.15, -0.1) is 5.73 Å². The van der Waals surface area contributed by atoms with Crippen LogP contribution in [0.25, 0.3) is 0 Å². The first-order valence-corrected chi connectivity index (χ1v) is 16.8. The van der Waals surface area contributed by atoms with Crippen LogP contribution in [0.2, 0.25) is 0 Å². The van der Waals surface area contributed by atoms with Gasteiger partial charge in [-0.2, -0.15) is 0 Å². The van der Waals surface area contributed by atoms with Crippen LogP contribution >= 0.6 is 0 Å². The van der Waals surface area contributed by atoms with Crippen molar-refractivity contribution >= 4 is 0 Å². The van der Waals surface area contributed by atoms with Gasteiger partial charge < -0.3 is 4.90 Å². The summed E-state index contributed by atoms with van der Waals surface area (Å²) in [7, 11) is 0. The fraction of sp³-hybridized carbons (Fsp3) is 0.914. The van der Waals surface area contributed by atoms with Gasteiger partial charge >= 0.3 is 0 Å². The highest BCUT2D eigenvalue weighted by Crippen LogP contribution is 2.26. The van der Waals surface area contributed by atoms with E-state index in [9.17, 15) is 0 Å². The lowest BCUT2D eigenvalue weighted by Crippen LogP contribution is -2.27. The Bertz CT molecular complexity index is 475. The average molecular weight is 504 g/mol. The molecule has 0 bridgehead atoms. The molecule has 1 nitrogen and oxygen atoms in total. The molecule has 0 saturated carbocycles. The van der Waals surface area contributed by atoms with Gasteiger partial charge in [0.25, 0.3) is 0 Å². The molecule has 36 heavy (non-hydrogen) atoms. The smallest absolute Gasteiger partial charge is 0.00186 e. The van der Waals surface area contributed by atoms with Gasteiger partial charge in [-0.05, 0) is 69.7 Å². The van der Waals surface area contributed by atoms with Gasteiger partial charge in [0.2, 0.25) is 0 Å². The molecule has 0 aromatic rings. The van der Waals surface area contributed by atoms with Crippen molar-refractivity contribution in [2.45, 2.75) is 182 Å². The second-order valence-corrected chi connectivity index (χ2v) is 11.7. The standard InChI is InChI=1S/C35H69N/c1-6-11-14-16-17-18-19-20-21-22-25-31-36(30-9-4)32-26-24-28-34(10-5)33-35(27-13-8-3)29-23-15-12-7-2/h35H,5-9,11-33H2,1-4H3. The first-order chi connectivity index (χ1) is 17.7. The van der Waals surface area contributed by atoms with Crippen molar-refractivity contribution < 1.29 is 0 Å². The predicted molar refractivity (Wildman–Crippen MR) is 166 cm³/mol. The summed E-state index contributed by atoms with van der Waals surface area (Å²) in [6.45, 7) is 17.2. The highest BCUT2D eigenvalue weighted by atomic mass is 15.1. The van der Waals surface area contributed by atoms with Gasteiger partial charge in [-0.3, -0.25) is 0 Å². The Labute approximate surface area is 230 Å². The summed E-state index contributed by atoms with van der Waals surface area (Å²) < 4.78 is 0. The molecule has 0 aromatic carbocycles. The Hall–Kier alpha value is -0.520. The Morgan fingerprint density at radius 1 is 0.528 bits per heavy atom. The van der Waals surface area contributed by atoms with E-state index in [0.29, 0.717) is 0 Å². The number of rotatable bonds is 29. The molecule has 0 aliphatic heterocycles. The van der Waals surface area contributed by atoms with Gasteiger partial charge in [-0.1, -0.05) is 150 Å². The van der Waals surface area contributed by atoms with E-state index in [0.717, 1.165) is 5.92 Å². The summed E-state index contributed by atoms with van der Waals surface area (Å²) in [6.07, 6.45) is 33.3. The van der Waals surface area contributed by atoms with Crippen molar-refractivity contribution in [3.8, 4) is 0 Å². The number of hydrogen-bond acceptors (Lipinski definition) is 1. The zero-order chi connectivity index (χ0) is 26.5. The number of allylic oxidation sites excluding steroid dienone is 1. The number of hydrogen-bond donors (Lipinski definition) is 0. The van der Waals surface area contributed by atoms with Gasteiger partial charge in [-0.25, -0.2) is 0 Å². The van der Waals surface area contributed by atoms with Crippen molar-refractivity contribution in [3.05, 3.63) is 17.9 Å². The number of unbranched alkanes of at least 4 members (excludes halogenated alkanes) is 15. The molecule has 1 unspecified atom stereocenters. The monoisotopic (exact) mass is 504 g/mol. The molecule has 214 valence electrons. The molecule has 0 rings (SSSR count). The van der Waals surface area contributed by atoms with Crippen LogP contribution in [0.5, 0.6) is 0 Å². The maximum absolute atomic E-state index is 4.07. The molecule has 0 fully saturated rings. The largest absolute Gasteiger partial charge is 0.303 e. The summed E-state index contributed by atoms with van der Waals surface area (Å²) in [4.78, 5) is 2.74. The van der Waals surface area contributed by atoms with Crippen LogP contribution in [0.4, 0.5) is 0 Å². The highest BCUT2D eigenvalue weighted by Gasteiger charge is 2.11. The first kappa shape index (κ1) is 35.5. The zero-order valence-electron chi connectivity index (χ0n) is 25.8. The van der Waals surface area contributed by atoms with E-state index in [4.69, 9.17) is 0 Å². The third-order valence-electron chi connectivity index (χ3n) is 8.04. The summed E-state index contributed by atoms with van der Waals surface area (Å²) in [5.41, 5.74) is 4.87. The third kappa shape index (κ3) is 23.9. The van der Waals surface area contributed by atoms with Crippen molar-refractivity contribution in [3.63, 3.8) is 0 Å². The van der Waals surface area contributed by atoms with Gasteiger partial charge in [0.15, 0.2) is 0 Å². The summed E-state index contributed by atoms with van der Waals surface area (Å²) in [6, 6.07) is 0. The van der Waals surface area contributed by atoms with Crippen molar-refractivity contribution in [2.75, 3.05) is 19.6 Å². The maximum atomic E-state index is 4.07. The first-order valence-electron chi connectivity index (χ1n) is 16.8. The van der Waals surface area contributed by atoms with Crippen LogP contribution in [0.1, 0.15) is 182 Å². The van der Waals surface area contributed by atoms with Crippen LogP contribution in [-0.4, -0.2) is 24.5 Å². The average Bonchev–Trinajstić information content (AvgIpc) is 2.89. The highest BCUT2D eigenvalue weighted by molar-refractivity contribution is 5.00. The van der Waals surface area contributed by atoms with Crippen LogP contribution in [0.3, 0.4) is 0 Å². The van der Waals surface area contributed by atoms with Gasteiger partial charge in [0, 0.05) is 0 Å². The van der Waals surface area contributed by atoms with Gasteiger partial charge in [0.05, 0.1) is 0 Å². The summed E-state index contributed by atoms with van der Waals surface area (Å²) in [5, 5.41) is 0. The Morgan fingerprint density at radius 2 is 1.00 bits per heavy atom. The van der Waals surface area contributed by atoms with Crippen LogP contribution < -0.4 is 0 Å². The lowest BCUT2D eigenvalue weighted by molar-refractivity contribution is 0.261. The minimum atomic E-state index is 0.865. The molecule has 0 radical (unpaired) electrons. The minimum Gasteiger partial charge on any atom is -0.303 e. The van der Waals surface area contributed by atoms with E-state index in [1.54, 1.807) is 0 Å². The van der Waals surface area contributed by atoms with Crippen LogP contribution in [0.15, 0.2) is 17.9 Å². The third-order valence-corrected chi connectivity index (χ3v) is 8.04. The zero-order valence-corrected chi connectivity index (χ0v) is 25.8. The topological polar surface area (TPSA) is 3.24 Å². The molecular formula is C35H69N. The van der Waals surface area contributed by atoms with Crippen LogP contribution in [0, 0.1) is 5.92 Å². The van der Waals surface area contributed by atoms with Crippen molar-refractivity contribution in [2.24, 2.45) is 5.92 Å². The molecule has 0 aromatic heterocycles. The fourth-order valence-electron chi connectivity index (χ4n) is 5.64. The van der Waals surface area contributed by atoms with E-state index in [1.165, 1.54) is 179 Å². The molecule has 0 spiro atoms. The molecule has 1 heteroatoms. The quantitative estimate of drug-likeness (QED) is 0.0724. The second kappa shape index (κ2) is 29.0. The molecule has 0 N–H and O–H groups in total. The normalized spacial score (nSPS) is 12.2. The van der Waals surface area contributed by atoms with E-state index in [-0.39, 0.29) is 0 Å². The maximum Gasteiger partial charge on any atom is -0.00186 e. The second-order valence-electron chi connectivity index (χ2n) is 11.7. The van der Waals surface area contributed by atoms with E-state index >= 15 is 0 Å². The summed E-state index contributed by atoms with van der Waals surface area (Å²) in [5.74, 6) is 0.865. The number of nitrogens with zero attached hydrogens (tertiary/aromatic N) is 1. The lowest BCUT2D eigenvalue weighted by atomic mass is 9.88. The molecule has 0 amide bonds. The lowest BCUT2D eigenvalue weighted by Gasteiger charge is -2.22. The van der Waals surface area contributed by atoms with Crippen molar-refractivity contribution in [1.82, 2.24) is 4.90 Å². The Kier molecular flexibility index (Phi) is 28.6. The molecular weight excluding hydrogens is 434 g/mol. The van der Waals surface area contributed by atoms with Crippen LogP contribution in [-0.2, 0) is 0 Å². The van der Waals surface area contributed by atoms with E-state index < -0.39 is 0 Å². The molecule has 1 atom stereocenters. The molecule has 0 aliphatic rings. The summed E-state index contributed by atoms with van der Waals surface area (Å²) >= 11 is 0.